The van der Waals surface area contributed by atoms with Crippen molar-refractivity contribution in [1.29, 1.82) is 0 Å². The molecule has 24 heavy (non-hydrogen) atoms. The molecule has 1 aromatic carbocycles. The van der Waals surface area contributed by atoms with Crippen LogP contribution in [0.5, 0.6) is 11.5 Å². The Morgan fingerprint density at radius 2 is 1.83 bits per heavy atom. The van der Waals surface area contributed by atoms with E-state index in [2.05, 4.69) is 11.9 Å². The van der Waals surface area contributed by atoms with Crippen LogP contribution in [0.15, 0.2) is 12.1 Å². The lowest BCUT2D eigenvalue weighted by Crippen LogP contribution is -2.06. The van der Waals surface area contributed by atoms with E-state index in [0.29, 0.717) is 11.0 Å². The Morgan fingerprint density at radius 3 is 2.46 bits per heavy atom. The second-order valence-electron chi connectivity index (χ2n) is 6.62. The van der Waals surface area contributed by atoms with Crippen LogP contribution in [0.25, 0.3) is 11.3 Å². The van der Waals surface area contributed by atoms with Gasteiger partial charge in [-0.15, -0.1) is 11.3 Å². The molecule has 1 aromatic heterocycles. The van der Waals surface area contributed by atoms with Crippen molar-refractivity contribution < 1.29 is 9.47 Å². The van der Waals surface area contributed by atoms with Crippen LogP contribution in [0.4, 0.5) is 5.13 Å². The highest BCUT2D eigenvalue weighted by atomic mass is 32.1. The van der Waals surface area contributed by atoms with E-state index in [4.69, 9.17) is 15.2 Å². The number of rotatable bonds is 5. The van der Waals surface area contributed by atoms with Crippen LogP contribution in [-0.4, -0.2) is 19.2 Å². The maximum Gasteiger partial charge on any atom is 0.180 e. The lowest BCUT2D eigenvalue weighted by atomic mass is 9.89. The highest BCUT2D eigenvalue weighted by molar-refractivity contribution is 7.15. The van der Waals surface area contributed by atoms with Gasteiger partial charge in [0.05, 0.1) is 19.9 Å². The number of aromatic nitrogens is 1. The van der Waals surface area contributed by atoms with Crippen molar-refractivity contribution in [2.75, 3.05) is 20.0 Å². The lowest BCUT2D eigenvalue weighted by Gasteiger charge is -2.19. The second-order valence-corrected chi connectivity index (χ2v) is 7.68. The molecule has 1 unspecified atom stereocenters. The Hall–Kier alpha value is -1.75. The number of nitrogens with zero attached hydrogens (tertiary/aromatic N) is 1. The van der Waals surface area contributed by atoms with Crippen molar-refractivity contribution in [2.24, 2.45) is 5.92 Å². The van der Waals surface area contributed by atoms with E-state index >= 15 is 0 Å². The summed E-state index contributed by atoms with van der Waals surface area (Å²) in [5.41, 5.74) is 9.04. The van der Waals surface area contributed by atoms with Gasteiger partial charge < -0.3 is 15.2 Å². The molecule has 2 aromatic rings. The molecule has 2 N–H and O–H groups in total. The van der Waals surface area contributed by atoms with E-state index in [1.165, 1.54) is 30.6 Å². The molecule has 130 valence electrons. The molecule has 3 rings (SSSR count). The average molecular weight is 346 g/mol. The molecule has 0 radical (unpaired) electrons. The third-order valence-corrected chi connectivity index (χ3v) is 6.25. The molecule has 1 atom stereocenters. The zero-order chi connectivity index (χ0) is 17.3. The minimum absolute atomic E-state index is 0.467. The van der Waals surface area contributed by atoms with Gasteiger partial charge in [-0.05, 0) is 49.3 Å². The topological polar surface area (TPSA) is 57.4 Å². The first-order chi connectivity index (χ1) is 11.5. The van der Waals surface area contributed by atoms with Crippen molar-refractivity contribution >= 4 is 16.5 Å². The van der Waals surface area contributed by atoms with Crippen LogP contribution < -0.4 is 15.2 Å². The second kappa shape index (κ2) is 7.01. The van der Waals surface area contributed by atoms with Gasteiger partial charge in [0.1, 0.15) is 11.5 Å². The molecular formula is C19H26N2O2S. The normalized spacial score (nSPS) is 16.3. The van der Waals surface area contributed by atoms with Gasteiger partial charge in [-0.1, -0.05) is 19.8 Å². The first-order valence-electron chi connectivity index (χ1n) is 8.54. The monoisotopic (exact) mass is 346 g/mol. The fourth-order valence-corrected chi connectivity index (χ4v) is 4.75. The summed E-state index contributed by atoms with van der Waals surface area (Å²) < 4.78 is 11.1. The lowest BCUT2D eigenvalue weighted by molar-refractivity contribution is 0.401. The fourth-order valence-electron chi connectivity index (χ4n) is 3.76. The van der Waals surface area contributed by atoms with Crippen molar-refractivity contribution in [1.82, 2.24) is 4.98 Å². The molecule has 1 aliphatic rings. The molecule has 0 aliphatic heterocycles. The summed E-state index contributed by atoms with van der Waals surface area (Å²) in [7, 11) is 3.39. The molecule has 0 saturated heterocycles. The van der Waals surface area contributed by atoms with Gasteiger partial charge in [-0.3, -0.25) is 0 Å². The van der Waals surface area contributed by atoms with E-state index in [-0.39, 0.29) is 0 Å². The number of thiazole rings is 1. The summed E-state index contributed by atoms with van der Waals surface area (Å²) in [6.07, 6.45) is 5.26. The Bertz CT molecular complexity index is 720. The van der Waals surface area contributed by atoms with Crippen LogP contribution in [0.2, 0.25) is 0 Å². The first kappa shape index (κ1) is 17.1. The molecule has 1 aliphatic carbocycles. The standard InChI is InChI=1S/C19H26N2O2S/c1-11-9-16(23-4)14(10-15(11)22-3)17-18(24-19(20)21-17)12(2)13-7-5-6-8-13/h9-10,12-13H,5-8H2,1-4H3,(H2,20,21). The van der Waals surface area contributed by atoms with Crippen LogP contribution in [0.1, 0.15) is 49.0 Å². The number of nitrogen functional groups attached to an aromatic ring is 1. The number of hydrogen-bond donors (Lipinski definition) is 1. The number of benzene rings is 1. The number of aryl methyl sites for hydroxylation is 1. The van der Waals surface area contributed by atoms with Gasteiger partial charge in [0.25, 0.3) is 0 Å². The maximum atomic E-state index is 6.08. The number of nitrogens with two attached hydrogens (primary N) is 1. The molecule has 0 spiro atoms. The van der Waals surface area contributed by atoms with E-state index < -0.39 is 0 Å². The van der Waals surface area contributed by atoms with Gasteiger partial charge in [0.2, 0.25) is 0 Å². The van der Waals surface area contributed by atoms with Crippen LogP contribution >= 0.6 is 11.3 Å². The third kappa shape index (κ3) is 3.09. The van der Waals surface area contributed by atoms with Crippen molar-refractivity contribution in [3.05, 3.63) is 22.6 Å². The number of methoxy groups -OCH3 is 2. The molecular weight excluding hydrogens is 320 g/mol. The Balaban J connectivity index is 2.09. The van der Waals surface area contributed by atoms with Crippen LogP contribution in [-0.2, 0) is 0 Å². The van der Waals surface area contributed by atoms with E-state index in [1.54, 1.807) is 25.6 Å². The predicted molar refractivity (Wildman–Crippen MR) is 100 cm³/mol. The Kier molecular flexibility index (Phi) is 4.99. The van der Waals surface area contributed by atoms with Crippen LogP contribution in [0.3, 0.4) is 0 Å². The van der Waals surface area contributed by atoms with Gasteiger partial charge in [0, 0.05) is 10.4 Å². The SMILES string of the molecule is COc1cc(-c2nc(N)sc2C(C)C2CCCC2)c(OC)cc1C. The highest BCUT2D eigenvalue weighted by Crippen LogP contribution is 2.46. The van der Waals surface area contributed by atoms with E-state index in [1.807, 2.05) is 19.1 Å². The number of hydrogen-bond acceptors (Lipinski definition) is 5. The highest BCUT2D eigenvalue weighted by Gasteiger charge is 2.28. The molecule has 1 fully saturated rings. The average Bonchev–Trinajstić information content (AvgIpc) is 3.23. The Morgan fingerprint density at radius 1 is 1.17 bits per heavy atom. The van der Waals surface area contributed by atoms with Gasteiger partial charge in [0.15, 0.2) is 5.13 Å². The fraction of sp³-hybridized carbons (Fsp3) is 0.526. The van der Waals surface area contributed by atoms with Gasteiger partial charge in [-0.2, -0.15) is 0 Å². The largest absolute Gasteiger partial charge is 0.496 e. The zero-order valence-corrected chi connectivity index (χ0v) is 15.7. The third-order valence-electron chi connectivity index (χ3n) is 5.16. The molecule has 5 heteroatoms. The number of anilines is 1. The molecule has 1 heterocycles. The predicted octanol–water partition coefficient (Wildman–Crippen LogP) is 5.01. The number of ether oxygens (including phenoxy) is 2. The van der Waals surface area contributed by atoms with Gasteiger partial charge in [-0.25, -0.2) is 4.98 Å². The first-order valence-corrected chi connectivity index (χ1v) is 9.36. The Labute approximate surface area is 148 Å². The zero-order valence-electron chi connectivity index (χ0n) is 14.9. The summed E-state index contributed by atoms with van der Waals surface area (Å²) in [6, 6.07) is 4.03. The summed E-state index contributed by atoms with van der Waals surface area (Å²) in [4.78, 5) is 5.92. The quantitative estimate of drug-likeness (QED) is 0.826. The molecule has 0 bridgehead atoms. The summed E-state index contributed by atoms with van der Waals surface area (Å²) in [5.74, 6) is 2.85. The van der Waals surface area contributed by atoms with Crippen molar-refractivity contribution in [3.63, 3.8) is 0 Å². The summed E-state index contributed by atoms with van der Waals surface area (Å²) in [5, 5.41) is 0.617. The maximum absolute atomic E-state index is 6.08. The minimum Gasteiger partial charge on any atom is -0.496 e. The smallest absolute Gasteiger partial charge is 0.180 e. The minimum atomic E-state index is 0.467. The van der Waals surface area contributed by atoms with Crippen molar-refractivity contribution in [2.45, 2.75) is 45.4 Å². The van der Waals surface area contributed by atoms with Gasteiger partial charge >= 0.3 is 0 Å². The van der Waals surface area contributed by atoms with E-state index in [9.17, 15) is 0 Å². The summed E-state index contributed by atoms with van der Waals surface area (Å²) >= 11 is 1.61. The summed E-state index contributed by atoms with van der Waals surface area (Å²) in [6.45, 7) is 4.33. The van der Waals surface area contributed by atoms with E-state index in [0.717, 1.165) is 34.2 Å². The van der Waals surface area contributed by atoms with Crippen molar-refractivity contribution in [3.8, 4) is 22.8 Å². The molecule has 1 saturated carbocycles. The molecule has 4 nitrogen and oxygen atoms in total. The van der Waals surface area contributed by atoms with Crippen LogP contribution in [0, 0.1) is 12.8 Å². The molecule has 0 amide bonds.